The van der Waals surface area contributed by atoms with Gasteiger partial charge in [-0.05, 0) is 53.2 Å². The predicted molar refractivity (Wildman–Crippen MR) is 253 cm³/mol. The smallest absolute Gasteiger partial charge is 0.341 e. The molecule has 3 aromatic carbocycles. The van der Waals surface area contributed by atoms with Crippen LogP contribution in [0.25, 0.3) is 21.7 Å². The molecule has 360 valence electrons. The Kier molecular flexibility index (Phi) is 14.4. The topological polar surface area (TPSA) is 212 Å². The zero-order valence-electron chi connectivity index (χ0n) is 40.5. The SMILES string of the molecule is COC1/C=C/OC2(C)Oc3c(C)c(O)c4c(O)c(c5c(C(=O)OC(C)(C)C)c(C)n(Cc6ccccc6)c5c4c3C2=O)NC(=O)/C(C)=C/C=C\C(C)C(O)C(C)C(O)C(C)C(OC(C)=O)C1C. The Morgan fingerprint density at radius 1 is 0.896 bits per heavy atom. The lowest BCUT2D eigenvalue weighted by atomic mass is 9.78. The Hall–Kier alpha value is -6.16. The number of hydrogen-bond acceptors (Lipinski definition) is 13. The van der Waals surface area contributed by atoms with E-state index in [1.807, 2.05) is 30.3 Å². The van der Waals surface area contributed by atoms with Crippen molar-refractivity contribution < 1.29 is 63.3 Å². The summed E-state index contributed by atoms with van der Waals surface area (Å²) >= 11 is 0. The fraction of sp³-hybridized carbons (Fsp3) is 0.462. The van der Waals surface area contributed by atoms with E-state index in [1.165, 1.54) is 53.2 Å². The number of ether oxygens (including phenoxy) is 5. The van der Waals surface area contributed by atoms with Crippen LogP contribution in [0.5, 0.6) is 17.2 Å². The number of anilines is 1. The largest absolute Gasteiger partial charge is 0.507 e. The number of hydrogen-bond donors (Lipinski definition) is 5. The second kappa shape index (κ2) is 19.2. The number of phenolic OH excluding ortho intramolecular Hbond substituents is 2. The molecule has 0 saturated carbocycles. The highest BCUT2D eigenvalue weighted by Crippen LogP contribution is 2.55. The Morgan fingerprint density at radius 2 is 1.55 bits per heavy atom. The maximum atomic E-state index is 15.1. The molecule has 3 heterocycles. The number of carbonyl (C=O) groups is 4. The van der Waals surface area contributed by atoms with E-state index >= 15 is 4.79 Å². The molecule has 6 rings (SSSR count). The molecular formula is C52H64N2O13. The number of benzene rings is 3. The van der Waals surface area contributed by atoms with Crippen molar-refractivity contribution in [1.82, 2.24) is 4.57 Å². The number of Topliss-reactive ketones (excluding diaryl/α,β-unsaturated/α-hetero) is 1. The number of carbonyl (C=O) groups excluding carboxylic acids is 4. The van der Waals surface area contributed by atoms with Gasteiger partial charge in [-0.15, -0.1) is 0 Å². The zero-order chi connectivity index (χ0) is 49.6. The molecule has 15 heteroatoms. The van der Waals surface area contributed by atoms with Crippen LogP contribution in [0.3, 0.4) is 0 Å². The predicted octanol–water partition coefficient (Wildman–Crippen LogP) is 8.32. The number of aliphatic hydroxyl groups excluding tert-OH is 2. The number of amides is 1. The van der Waals surface area contributed by atoms with Gasteiger partial charge in [0.25, 0.3) is 11.7 Å². The maximum absolute atomic E-state index is 15.1. The van der Waals surface area contributed by atoms with Crippen LogP contribution in [0.15, 0.2) is 66.5 Å². The number of allylic oxidation sites excluding steroid dienone is 2. The van der Waals surface area contributed by atoms with Crippen molar-refractivity contribution in [2.75, 3.05) is 12.4 Å². The summed E-state index contributed by atoms with van der Waals surface area (Å²) in [5.74, 6) is -8.49. The number of nitrogens with zero attached hydrogens (tertiary/aromatic N) is 1. The third-order valence-corrected chi connectivity index (χ3v) is 13.1. The van der Waals surface area contributed by atoms with Gasteiger partial charge in [0.2, 0.25) is 0 Å². The van der Waals surface area contributed by atoms with E-state index < -0.39 is 94.6 Å². The first-order valence-corrected chi connectivity index (χ1v) is 22.5. The van der Waals surface area contributed by atoms with Gasteiger partial charge in [0.15, 0.2) is 5.75 Å². The van der Waals surface area contributed by atoms with Gasteiger partial charge in [-0.3, -0.25) is 14.4 Å². The lowest BCUT2D eigenvalue weighted by Crippen LogP contribution is -2.46. The molecule has 67 heavy (non-hydrogen) atoms. The number of nitrogens with one attached hydrogen (secondary N) is 1. The van der Waals surface area contributed by atoms with Crippen molar-refractivity contribution in [2.45, 2.75) is 125 Å². The van der Waals surface area contributed by atoms with Crippen LogP contribution in [-0.4, -0.2) is 91.5 Å². The summed E-state index contributed by atoms with van der Waals surface area (Å²) in [5, 5.41) is 50.5. The van der Waals surface area contributed by atoms with Crippen molar-refractivity contribution >= 4 is 51.0 Å². The van der Waals surface area contributed by atoms with Crippen molar-refractivity contribution in [2.24, 2.45) is 23.7 Å². The zero-order valence-corrected chi connectivity index (χ0v) is 40.5. The summed E-state index contributed by atoms with van der Waals surface area (Å²) in [6, 6.07) is 9.34. The Balaban J connectivity index is 1.69. The van der Waals surface area contributed by atoms with E-state index in [4.69, 9.17) is 23.7 Å². The third kappa shape index (κ3) is 9.54. The normalized spacial score (nSPS) is 28.1. The molecule has 0 saturated heterocycles. The molecular weight excluding hydrogens is 861 g/mol. The number of methoxy groups -OCH3 is 1. The van der Waals surface area contributed by atoms with Crippen LogP contribution in [0.1, 0.15) is 107 Å². The molecule has 1 amide bonds. The van der Waals surface area contributed by atoms with Crippen molar-refractivity contribution in [1.29, 1.82) is 0 Å². The van der Waals surface area contributed by atoms with Gasteiger partial charge in [0.05, 0.1) is 52.3 Å². The van der Waals surface area contributed by atoms with Crippen LogP contribution in [-0.2, 0) is 35.1 Å². The molecule has 15 nitrogen and oxygen atoms in total. The summed E-state index contributed by atoms with van der Waals surface area (Å²) < 4.78 is 31.9. The first-order valence-electron chi connectivity index (χ1n) is 22.5. The van der Waals surface area contributed by atoms with E-state index in [2.05, 4.69) is 5.32 Å². The Bertz CT molecular complexity index is 2690. The number of aromatic nitrogens is 1. The fourth-order valence-electron chi connectivity index (χ4n) is 9.26. The molecule has 2 aliphatic rings. The molecule has 4 aromatic rings. The van der Waals surface area contributed by atoms with Gasteiger partial charge >= 0.3 is 17.7 Å². The number of phenols is 2. The molecule has 0 radical (unpaired) electrons. The molecule has 4 bridgehead atoms. The second-order valence-corrected chi connectivity index (χ2v) is 19.1. The summed E-state index contributed by atoms with van der Waals surface area (Å²) in [4.78, 5) is 56.4. The fourth-order valence-corrected chi connectivity index (χ4v) is 9.26. The first kappa shape index (κ1) is 50.3. The van der Waals surface area contributed by atoms with Gasteiger partial charge in [0, 0.05) is 78.8 Å². The van der Waals surface area contributed by atoms with Gasteiger partial charge < -0.3 is 54.0 Å². The minimum atomic E-state index is -2.06. The lowest BCUT2D eigenvalue weighted by Gasteiger charge is -2.38. The third-order valence-electron chi connectivity index (χ3n) is 13.1. The highest BCUT2D eigenvalue weighted by Gasteiger charge is 2.50. The number of fused-ring (bicyclic) bond motifs is 1. The van der Waals surface area contributed by atoms with E-state index in [0.717, 1.165) is 5.56 Å². The van der Waals surface area contributed by atoms with Crippen LogP contribution in [0.2, 0.25) is 0 Å². The Labute approximate surface area is 391 Å². The number of aliphatic hydroxyl groups is 2. The quantitative estimate of drug-likeness (QED) is 0.0943. The highest BCUT2D eigenvalue weighted by atomic mass is 16.7. The van der Waals surface area contributed by atoms with E-state index in [0.29, 0.717) is 5.69 Å². The van der Waals surface area contributed by atoms with E-state index in [1.54, 1.807) is 72.1 Å². The number of aromatic hydroxyl groups is 2. The summed E-state index contributed by atoms with van der Waals surface area (Å²) in [5.41, 5.74) is 0.380. The van der Waals surface area contributed by atoms with Crippen LogP contribution in [0.4, 0.5) is 5.69 Å². The van der Waals surface area contributed by atoms with Crippen molar-refractivity contribution in [3.63, 3.8) is 0 Å². The molecule has 2 aliphatic heterocycles. The minimum Gasteiger partial charge on any atom is -0.507 e. The van der Waals surface area contributed by atoms with E-state index in [-0.39, 0.29) is 61.9 Å². The van der Waals surface area contributed by atoms with Gasteiger partial charge in [-0.1, -0.05) is 76.3 Å². The average Bonchev–Trinajstić information content (AvgIpc) is 3.70. The minimum absolute atomic E-state index is 0.00123. The maximum Gasteiger partial charge on any atom is 0.341 e. The van der Waals surface area contributed by atoms with E-state index in [9.17, 15) is 34.8 Å². The van der Waals surface area contributed by atoms with Gasteiger partial charge in [-0.25, -0.2) is 4.79 Å². The molecule has 0 spiro atoms. The molecule has 0 aliphatic carbocycles. The average molecular weight is 925 g/mol. The number of rotatable bonds is 5. The summed E-state index contributed by atoms with van der Waals surface area (Å²) in [6.45, 7) is 19.6. The molecule has 1 aromatic heterocycles. The number of ketones is 1. The van der Waals surface area contributed by atoms with Crippen LogP contribution in [0, 0.1) is 37.5 Å². The lowest BCUT2D eigenvalue weighted by molar-refractivity contribution is -0.160. The standard InChI is InChI=1S/C52H64N2O13/c1-25-18-17-19-26(2)49(61)53-40-37-35(50(62)67-51(9,10)11)31(7)54(24-33-20-15-14-16-21-33)41(37)36-38(45(40)59)44(58)30(6)47-39(36)48(60)52(12,66-47)64-23-22-34(63-13)27(3)46(65-32(8)55)29(5)43(57)28(4)42(25)56/h14-23,25,27-29,34,42-43,46,56-59H,24H2,1-13H3,(H,53,61)/b18-17-,23-22+,26-19+. The highest BCUT2D eigenvalue weighted by molar-refractivity contribution is 6.31. The van der Waals surface area contributed by atoms with Gasteiger partial charge in [-0.2, -0.15) is 0 Å². The van der Waals surface area contributed by atoms with Gasteiger partial charge in [0.1, 0.15) is 23.2 Å². The molecule has 5 N–H and O–H groups in total. The van der Waals surface area contributed by atoms with Crippen molar-refractivity contribution in [3.05, 3.63) is 94.4 Å². The van der Waals surface area contributed by atoms with Crippen molar-refractivity contribution in [3.8, 4) is 17.2 Å². The summed E-state index contributed by atoms with van der Waals surface area (Å²) in [7, 11) is 1.45. The van der Waals surface area contributed by atoms with Crippen LogP contribution < -0.4 is 10.1 Å². The monoisotopic (exact) mass is 924 g/mol. The molecule has 9 unspecified atom stereocenters. The molecule has 9 atom stereocenters. The summed E-state index contributed by atoms with van der Waals surface area (Å²) in [6.07, 6.45) is 3.58. The Morgan fingerprint density at radius 3 is 2.16 bits per heavy atom. The first-order chi connectivity index (χ1) is 31.3. The second-order valence-electron chi connectivity index (χ2n) is 19.1. The number of esters is 2. The molecule has 0 fully saturated rings. The van der Waals surface area contributed by atoms with Crippen LogP contribution >= 0.6 is 0 Å².